The van der Waals surface area contributed by atoms with Crippen molar-refractivity contribution in [3.05, 3.63) is 35.6 Å². The van der Waals surface area contributed by atoms with Gasteiger partial charge in [0.15, 0.2) is 5.96 Å². The first-order valence-electron chi connectivity index (χ1n) is 10.6. The van der Waals surface area contributed by atoms with Crippen LogP contribution in [0, 0.1) is 5.82 Å². The summed E-state index contributed by atoms with van der Waals surface area (Å²) in [6.45, 7) is 10.1. The molecule has 30 heavy (non-hydrogen) atoms. The number of nitrogens with one attached hydrogen (secondary N) is 1. The molecule has 1 saturated heterocycles. The first kappa shape index (κ1) is 26.6. The van der Waals surface area contributed by atoms with E-state index in [-0.39, 0.29) is 47.7 Å². The lowest BCUT2D eigenvalue weighted by Gasteiger charge is -2.37. The second kappa shape index (κ2) is 13.1. The molecular weight excluding hydrogens is 498 g/mol. The summed E-state index contributed by atoms with van der Waals surface area (Å²) in [6, 6.07) is 6.81. The van der Waals surface area contributed by atoms with Gasteiger partial charge < -0.3 is 19.9 Å². The molecule has 8 heteroatoms. The van der Waals surface area contributed by atoms with Crippen LogP contribution in [0.25, 0.3) is 0 Å². The van der Waals surface area contributed by atoms with Crippen molar-refractivity contribution in [1.82, 2.24) is 15.1 Å². The monoisotopic (exact) mass is 534 g/mol. The predicted molar refractivity (Wildman–Crippen MR) is 130 cm³/mol. The van der Waals surface area contributed by atoms with Gasteiger partial charge in [-0.05, 0) is 51.3 Å². The van der Waals surface area contributed by atoms with E-state index < -0.39 is 0 Å². The highest BCUT2D eigenvalue weighted by Crippen LogP contribution is 2.35. The third kappa shape index (κ3) is 7.08. The lowest BCUT2D eigenvalue weighted by atomic mass is 9.74. The molecule has 1 fully saturated rings. The van der Waals surface area contributed by atoms with Crippen LogP contribution in [0.2, 0.25) is 0 Å². The molecule has 2 rings (SSSR count). The van der Waals surface area contributed by atoms with Crippen molar-refractivity contribution in [2.45, 2.75) is 39.0 Å². The van der Waals surface area contributed by atoms with Crippen LogP contribution in [0.5, 0.6) is 0 Å². The molecule has 0 bridgehead atoms. The fourth-order valence-corrected chi connectivity index (χ4v) is 3.77. The molecule has 1 aliphatic heterocycles. The summed E-state index contributed by atoms with van der Waals surface area (Å²) in [5, 5.41) is 3.28. The number of carbonyl (C=O) groups excluding carboxylic acids is 1. The number of likely N-dealkylation sites (N-methyl/N-ethyl adjacent to an activating group) is 2. The Morgan fingerprint density at radius 3 is 2.47 bits per heavy atom. The largest absolute Gasteiger partial charge is 0.381 e. The Kier molecular flexibility index (Phi) is 11.6. The molecule has 0 atom stereocenters. The Balaban J connectivity index is 0.00000450. The number of aliphatic imine (C=N–C) groups is 1. The van der Waals surface area contributed by atoms with Crippen molar-refractivity contribution >= 4 is 35.8 Å². The number of hydrogen-bond acceptors (Lipinski definition) is 3. The summed E-state index contributed by atoms with van der Waals surface area (Å²) in [4.78, 5) is 21.0. The summed E-state index contributed by atoms with van der Waals surface area (Å²) >= 11 is 0. The minimum atomic E-state index is -0.259. The van der Waals surface area contributed by atoms with Crippen molar-refractivity contribution < 1.29 is 13.9 Å². The first-order valence-corrected chi connectivity index (χ1v) is 10.6. The number of rotatable bonds is 8. The van der Waals surface area contributed by atoms with Crippen LogP contribution >= 0.6 is 24.0 Å². The van der Waals surface area contributed by atoms with E-state index in [1.54, 1.807) is 12.1 Å². The Morgan fingerprint density at radius 1 is 1.23 bits per heavy atom. The number of benzene rings is 1. The molecule has 0 saturated carbocycles. The predicted octanol–water partition coefficient (Wildman–Crippen LogP) is 3.26. The van der Waals surface area contributed by atoms with Crippen LogP contribution in [0.4, 0.5) is 4.39 Å². The van der Waals surface area contributed by atoms with E-state index in [0.29, 0.717) is 45.4 Å². The van der Waals surface area contributed by atoms with Crippen LogP contribution in [-0.4, -0.2) is 74.7 Å². The van der Waals surface area contributed by atoms with E-state index in [0.717, 1.165) is 18.4 Å². The molecule has 6 nitrogen and oxygen atoms in total. The van der Waals surface area contributed by atoms with Gasteiger partial charge in [0.05, 0.1) is 13.1 Å². The van der Waals surface area contributed by atoms with Crippen LogP contribution in [0.1, 0.15) is 39.2 Å². The van der Waals surface area contributed by atoms with E-state index in [1.165, 1.54) is 6.07 Å². The Hall–Kier alpha value is -1.42. The fraction of sp³-hybridized carbons (Fsp3) is 0.636. The standard InChI is InChI=1S/C22H35FN4O2.HI/c1-5-24-21(26(4)16-20(28)27(6-2)7-3)25-17-22(11-13-29-14-12-22)18-9-8-10-19(23)15-18;/h8-10,15H,5-7,11-14,16-17H2,1-4H3,(H,24,25);1H. The molecule has 1 aromatic carbocycles. The van der Waals surface area contributed by atoms with Gasteiger partial charge >= 0.3 is 0 Å². The molecule has 0 aliphatic carbocycles. The lowest BCUT2D eigenvalue weighted by Crippen LogP contribution is -2.46. The van der Waals surface area contributed by atoms with Crippen LogP contribution in [0.3, 0.4) is 0 Å². The SMILES string of the molecule is CCNC(=NCC1(c2cccc(F)c2)CCOCC1)N(C)CC(=O)N(CC)CC.I. The minimum Gasteiger partial charge on any atom is -0.381 e. The molecule has 0 radical (unpaired) electrons. The van der Waals surface area contributed by atoms with Gasteiger partial charge in [-0.25, -0.2) is 4.39 Å². The normalized spacial score (nSPS) is 15.8. The average Bonchev–Trinajstić information content (AvgIpc) is 2.72. The van der Waals surface area contributed by atoms with E-state index >= 15 is 0 Å². The molecule has 1 aliphatic rings. The number of carbonyl (C=O) groups is 1. The van der Waals surface area contributed by atoms with Gasteiger partial charge in [-0.1, -0.05) is 12.1 Å². The molecule has 0 unspecified atom stereocenters. The molecule has 0 aromatic heterocycles. The maximum absolute atomic E-state index is 13.9. The topological polar surface area (TPSA) is 57.2 Å². The van der Waals surface area contributed by atoms with Crippen LogP contribution < -0.4 is 5.32 Å². The summed E-state index contributed by atoms with van der Waals surface area (Å²) in [6.07, 6.45) is 1.59. The zero-order valence-corrected chi connectivity index (χ0v) is 20.9. The molecule has 170 valence electrons. The Morgan fingerprint density at radius 2 is 1.90 bits per heavy atom. The van der Waals surface area contributed by atoms with E-state index in [1.807, 2.05) is 43.7 Å². The highest BCUT2D eigenvalue weighted by atomic mass is 127. The zero-order chi connectivity index (χ0) is 21.3. The second-order valence-electron chi connectivity index (χ2n) is 7.50. The number of hydrogen-bond donors (Lipinski definition) is 1. The average molecular weight is 534 g/mol. The number of halogens is 2. The third-order valence-electron chi connectivity index (χ3n) is 5.60. The van der Waals surface area contributed by atoms with Crippen LogP contribution in [-0.2, 0) is 14.9 Å². The Labute approximate surface area is 197 Å². The van der Waals surface area contributed by atoms with Crippen molar-refractivity contribution in [1.29, 1.82) is 0 Å². The van der Waals surface area contributed by atoms with Crippen molar-refractivity contribution in [2.75, 3.05) is 53.0 Å². The maximum Gasteiger partial charge on any atom is 0.242 e. The Bertz CT molecular complexity index is 691. The van der Waals surface area contributed by atoms with E-state index in [2.05, 4.69) is 5.32 Å². The van der Waals surface area contributed by atoms with E-state index in [9.17, 15) is 9.18 Å². The van der Waals surface area contributed by atoms with Gasteiger partial charge in [-0.3, -0.25) is 9.79 Å². The van der Waals surface area contributed by atoms with Crippen molar-refractivity contribution in [3.63, 3.8) is 0 Å². The molecule has 1 amide bonds. The van der Waals surface area contributed by atoms with Crippen molar-refractivity contribution in [3.8, 4) is 0 Å². The van der Waals surface area contributed by atoms with Crippen LogP contribution in [0.15, 0.2) is 29.3 Å². The number of guanidine groups is 1. The molecular formula is C22H36FIN4O2. The molecule has 1 aromatic rings. The van der Waals surface area contributed by atoms with Crippen molar-refractivity contribution in [2.24, 2.45) is 4.99 Å². The van der Waals surface area contributed by atoms with E-state index in [4.69, 9.17) is 9.73 Å². The highest BCUT2D eigenvalue weighted by molar-refractivity contribution is 14.0. The number of amides is 1. The first-order chi connectivity index (χ1) is 14.0. The zero-order valence-electron chi connectivity index (χ0n) is 18.6. The second-order valence-corrected chi connectivity index (χ2v) is 7.50. The number of nitrogens with zero attached hydrogens (tertiary/aromatic N) is 3. The summed E-state index contributed by atoms with van der Waals surface area (Å²) in [5.41, 5.74) is 0.701. The highest BCUT2D eigenvalue weighted by Gasteiger charge is 2.35. The quantitative estimate of drug-likeness (QED) is 0.316. The van der Waals surface area contributed by atoms with Gasteiger partial charge in [0.25, 0.3) is 0 Å². The fourth-order valence-electron chi connectivity index (χ4n) is 3.77. The lowest BCUT2D eigenvalue weighted by molar-refractivity contribution is -0.131. The van der Waals surface area contributed by atoms with Gasteiger partial charge in [0.1, 0.15) is 5.82 Å². The summed E-state index contributed by atoms with van der Waals surface area (Å²) < 4.78 is 19.5. The molecule has 1 heterocycles. The summed E-state index contributed by atoms with van der Waals surface area (Å²) in [5.74, 6) is 0.537. The van der Waals surface area contributed by atoms with Gasteiger partial charge in [-0.15, -0.1) is 24.0 Å². The molecule has 0 spiro atoms. The molecule has 1 N–H and O–H groups in total. The smallest absolute Gasteiger partial charge is 0.242 e. The minimum absolute atomic E-state index is 0. The van der Waals surface area contributed by atoms with Gasteiger partial charge in [-0.2, -0.15) is 0 Å². The third-order valence-corrected chi connectivity index (χ3v) is 5.60. The maximum atomic E-state index is 13.9. The van der Waals surface area contributed by atoms with Gasteiger partial charge in [0, 0.05) is 45.3 Å². The summed E-state index contributed by atoms with van der Waals surface area (Å²) in [7, 11) is 1.88. The van der Waals surface area contributed by atoms with Gasteiger partial charge in [0.2, 0.25) is 5.91 Å². The number of ether oxygens (including phenoxy) is 1.